The maximum atomic E-state index is 12.7. The highest BCUT2D eigenvalue weighted by Crippen LogP contribution is 2.30. The fourth-order valence-electron chi connectivity index (χ4n) is 2.71. The van der Waals surface area contributed by atoms with Crippen molar-refractivity contribution in [3.8, 4) is 0 Å². The lowest BCUT2D eigenvalue weighted by Crippen LogP contribution is -2.16. The van der Waals surface area contributed by atoms with Crippen LogP contribution in [-0.4, -0.2) is 31.8 Å². The maximum Gasteiger partial charge on any atom is 0.417 e. The van der Waals surface area contributed by atoms with Gasteiger partial charge in [-0.25, -0.2) is 22.7 Å². The molecule has 2 aromatic heterocycles. The largest absolute Gasteiger partial charge is 0.462 e. The van der Waals surface area contributed by atoms with E-state index in [-0.39, 0.29) is 34.0 Å². The van der Waals surface area contributed by atoms with Gasteiger partial charge in [0.2, 0.25) is 5.88 Å². The first kappa shape index (κ1) is 19.4. The van der Waals surface area contributed by atoms with Crippen LogP contribution in [0.4, 0.5) is 5.88 Å². The molecule has 0 aliphatic carbocycles. The standard InChI is InChI=1S/C17H16N2O8S/c1-4-25-16(21)14-13(8(2)20)9(3)26-15(14)19-28(23,24)10-5-6-11-12(7-10)27-17(22)18-11/h5-7,19H,4H2,1-3H3,(H,18,22). The van der Waals surface area contributed by atoms with Crippen LogP contribution >= 0.6 is 0 Å². The van der Waals surface area contributed by atoms with E-state index in [1.165, 1.54) is 26.0 Å². The fraction of sp³-hybridized carbons (Fsp3) is 0.235. The number of furan rings is 1. The number of benzene rings is 1. The van der Waals surface area contributed by atoms with Crippen molar-refractivity contribution in [2.24, 2.45) is 0 Å². The van der Waals surface area contributed by atoms with Crippen molar-refractivity contribution in [3.63, 3.8) is 0 Å². The number of aryl methyl sites for hydroxylation is 1. The summed E-state index contributed by atoms with van der Waals surface area (Å²) in [5.74, 6) is -2.47. The summed E-state index contributed by atoms with van der Waals surface area (Å²) in [6.45, 7) is 4.25. The monoisotopic (exact) mass is 408 g/mol. The van der Waals surface area contributed by atoms with Crippen LogP contribution in [0, 0.1) is 6.92 Å². The lowest BCUT2D eigenvalue weighted by atomic mass is 10.1. The molecular formula is C17H16N2O8S. The Hall–Kier alpha value is -3.34. The summed E-state index contributed by atoms with van der Waals surface area (Å²) < 4.78 is 42.7. The number of anilines is 1. The van der Waals surface area contributed by atoms with Crippen LogP contribution in [-0.2, 0) is 14.8 Å². The van der Waals surface area contributed by atoms with E-state index in [2.05, 4.69) is 9.71 Å². The zero-order valence-electron chi connectivity index (χ0n) is 15.1. The van der Waals surface area contributed by atoms with E-state index in [0.29, 0.717) is 5.52 Å². The van der Waals surface area contributed by atoms with Crippen molar-refractivity contribution in [1.82, 2.24) is 4.98 Å². The lowest BCUT2D eigenvalue weighted by Gasteiger charge is -2.08. The molecule has 3 aromatic rings. The van der Waals surface area contributed by atoms with E-state index in [4.69, 9.17) is 13.6 Å². The Morgan fingerprint density at radius 3 is 2.57 bits per heavy atom. The van der Waals surface area contributed by atoms with Crippen molar-refractivity contribution in [1.29, 1.82) is 0 Å². The van der Waals surface area contributed by atoms with Crippen LogP contribution in [0.15, 0.2) is 36.7 Å². The molecule has 0 bridgehead atoms. The van der Waals surface area contributed by atoms with Crippen LogP contribution in [0.25, 0.3) is 11.1 Å². The second kappa shape index (κ2) is 7.00. The fourth-order valence-corrected chi connectivity index (χ4v) is 3.73. The molecule has 0 amide bonds. The van der Waals surface area contributed by atoms with Crippen molar-refractivity contribution >= 4 is 38.8 Å². The Labute approximate surface area is 158 Å². The predicted molar refractivity (Wildman–Crippen MR) is 97.0 cm³/mol. The van der Waals surface area contributed by atoms with Gasteiger partial charge in [-0.1, -0.05) is 0 Å². The topological polar surface area (TPSA) is 149 Å². The van der Waals surface area contributed by atoms with Gasteiger partial charge in [-0.15, -0.1) is 0 Å². The number of aromatic amines is 1. The number of Topliss-reactive ketones (excluding diaryl/α,β-unsaturated/α-hetero) is 1. The minimum atomic E-state index is -4.23. The molecule has 0 spiro atoms. The van der Waals surface area contributed by atoms with Gasteiger partial charge in [0.25, 0.3) is 10.0 Å². The Bertz CT molecular complexity index is 1250. The molecule has 2 N–H and O–H groups in total. The average molecular weight is 408 g/mol. The van der Waals surface area contributed by atoms with Gasteiger partial charge in [-0.3, -0.25) is 9.78 Å². The molecule has 28 heavy (non-hydrogen) atoms. The summed E-state index contributed by atoms with van der Waals surface area (Å²) in [5.41, 5.74) is -0.00433. The zero-order valence-corrected chi connectivity index (χ0v) is 15.9. The number of oxazole rings is 1. The van der Waals surface area contributed by atoms with Gasteiger partial charge < -0.3 is 13.6 Å². The molecule has 0 fully saturated rings. The summed E-state index contributed by atoms with van der Waals surface area (Å²) in [6.07, 6.45) is 0. The van der Waals surface area contributed by atoms with E-state index in [1.807, 2.05) is 0 Å². The first-order valence-corrected chi connectivity index (χ1v) is 9.59. The maximum absolute atomic E-state index is 12.7. The second-order valence-electron chi connectivity index (χ2n) is 5.79. The number of carbonyl (C=O) groups is 2. The number of esters is 1. The average Bonchev–Trinajstić information content (AvgIpc) is 3.12. The third-order valence-electron chi connectivity index (χ3n) is 3.85. The van der Waals surface area contributed by atoms with Crippen molar-refractivity contribution < 1.29 is 31.6 Å². The molecule has 0 aliphatic heterocycles. The summed E-state index contributed by atoms with van der Waals surface area (Å²) in [7, 11) is -4.23. The van der Waals surface area contributed by atoms with Gasteiger partial charge in [0.1, 0.15) is 11.3 Å². The van der Waals surface area contributed by atoms with Crippen LogP contribution in [0.2, 0.25) is 0 Å². The Kier molecular flexibility index (Phi) is 4.86. The Balaban J connectivity index is 2.08. The number of ether oxygens (including phenoxy) is 1. The number of sulfonamides is 1. The first-order chi connectivity index (χ1) is 13.1. The number of hydrogen-bond donors (Lipinski definition) is 2. The van der Waals surface area contributed by atoms with Crippen molar-refractivity contribution in [2.75, 3.05) is 11.3 Å². The third-order valence-corrected chi connectivity index (χ3v) is 5.17. The highest BCUT2D eigenvalue weighted by Gasteiger charge is 2.30. The Morgan fingerprint density at radius 2 is 1.93 bits per heavy atom. The van der Waals surface area contributed by atoms with Crippen LogP contribution in [0.1, 0.15) is 40.3 Å². The molecule has 1 aromatic carbocycles. The number of H-pyrrole nitrogens is 1. The first-order valence-electron chi connectivity index (χ1n) is 8.11. The number of rotatable bonds is 6. The number of fused-ring (bicyclic) bond motifs is 1. The molecule has 148 valence electrons. The number of aromatic nitrogens is 1. The normalized spacial score (nSPS) is 11.5. The van der Waals surface area contributed by atoms with Crippen LogP contribution < -0.4 is 10.5 Å². The van der Waals surface area contributed by atoms with Gasteiger partial charge in [-0.2, -0.15) is 0 Å². The van der Waals surface area contributed by atoms with Crippen molar-refractivity contribution in [2.45, 2.75) is 25.7 Å². The molecule has 2 heterocycles. The number of nitrogens with one attached hydrogen (secondary N) is 2. The van der Waals surface area contributed by atoms with Crippen LogP contribution in [0.3, 0.4) is 0 Å². The van der Waals surface area contributed by atoms with Gasteiger partial charge in [0.15, 0.2) is 11.4 Å². The summed E-state index contributed by atoms with van der Waals surface area (Å²) in [4.78, 5) is 37.6. The molecule has 0 radical (unpaired) electrons. The molecule has 11 heteroatoms. The lowest BCUT2D eigenvalue weighted by molar-refractivity contribution is 0.0524. The van der Waals surface area contributed by atoms with Gasteiger partial charge in [0, 0.05) is 6.07 Å². The predicted octanol–water partition coefficient (Wildman–Crippen LogP) is 2.20. The van der Waals surface area contributed by atoms with Gasteiger partial charge in [0.05, 0.1) is 22.6 Å². The van der Waals surface area contributed by atoms with Crippen LogP contribution in [0.5, 0.6) is 0 Å². The smallest absolute Gasteiger partial charge is 0.417 e. The number of ketones is 1. The summed E-state index contributed by atoms with van der Waals surface area (Å²) >= 11 is 0. The zero-order chi connectivity index (χ0) is 20.6. The highest BCUT2D eigenvalue weighted by molar-refractivity contribution is 7.92. The van der Waals surface area contributed by atoms with Gasteiger partial charge >= 0.3 is 11.7 Å². The van der Waals surface area contributed by atoms with Gasteiger partial charge in [-0.05, 0) is 32.9 Å². The molecule has 0 aliphatic rings. The molecule has 0 unspecified atom stereocenters. The molecule has 0 saturated heterocycles. The van der Waals surface area contributed by atoms with E-state index in [1.54, 1.807) is 6.92 Å². The van der Waals surface area contributed by atoms with E-state index < -0.39 is 33.4 Å². The number of carbonyl (C=O) groups excluding carboxylic acids is 2. The molecule has 3 rings (SSSR count). The third kappa shape index (κ3) is 3.43. The molecule has 10 nitrogen and oxygen atoms in total. The Morgan fingerprint density at radius 1 is 1.21 bits per heavy atom. The minimum absolute atomic E-state index is 0.0236. The minimum Gasteiger partial charge on any atom is -0.462 e. The van der Waals surface area contributed by atoms with E-state index >= 15 is 0 Å². The molecular weight excluding hydrogens is 392 g/mol. The second-order valence-corrected chi connectivity index (χ2v) is 7.47. The summed E-state index contributed by atoms with van der Waals surface area (Å²) in [6, 6.07) is 3.73. The SMILES string of the molecule is CCOC(=O)c1c(NS(=O)(=O)c2ccc3[nH]c(=O)oc3c2)oc(C)c1C(C)=O. The molecule has 0 saturated carbocycles. The molecule has 0 atom stereocenters. The van der Waals surface area contributed by atoms with Crippen molar-refractivity contribution in [3.05, 3.63) is 45.6 Å². The summed E-state index contributed by atoms with van der Waals surface area (Å²) in [5, 5.41) is 0. The van der Waals surface area contributed by atoms with E-state index in [0.717, 1.165) is 6.07 Å². The van der Waals surface area contributed by atoms with E-state index in [9.17, 15) is 22.8 Å². The quantitative estimate of drug-likeness (QED) is 0.466. The number of hydrogen-bond acceptors (Lipinski definition) is 8. The highest BCUT2D eigenvalue weighted by atomic mass is 32.2.